The predicted octanol–water partition coefficient (Wildman–Crippen LogP) is -0.448. The number of hydrogen-bond acceptors (Lipinski definition) is 6. The van der Waals surface area contributed by atoms with E-state index in [1.807, 2.05) is 0 Å². The molecular weight excluding hydrogens is 274 g/mol. The number of aliphatic hydroxyl groups excluding tert-OH is 4. The molecule has 1 aromatic carbocycles. The Hall–Kier alpha value is -0.890. The van der Waals surface area contributed by atoms with Gasteiger partial charge in [-0.05, 0) is 24.3 Å². The monoisotopic (exact) mass is 289 g/mol. The van der Waals surface area contributed by atoms with Crippen LogP contribution in [0.3, 0.4) is 0 Å². The number of ether oxygens (including phenoxy) is 1. The Morgan fingerprint density at radius 3 is 2.42 bits per heavy atom. The van der Waals surface area contributed by atoms with Gasteiger partial charge in [0, 0.05) is 10.7 Å². The van der Waals surface area contributed by atoms with E-state index in [1.54, 1.807) is 24.3 Å². The molecule has 1 aliphatic heterocycles. The van der Waals surface area contributed by atoms with Crippen LogP contribution in [0.1, 0.15) is 0 Å². The summed E-state index contributed by atoms with van der Waals surface area (Å²) < 4.78 is 5.32. The van der Waals surface area contributed by atoms with Crippen molar-refractivity contribution < 1.29 is 25.2 Å². The highest BCUT2D eigenvalue weighted by Gasteiger charge is 2.45. The van der Waals surface area contributed by atoms with E-state index in [0.29, 0.717) is 10.7 Å². The molecule has 19 heavy (non-hydrogen) atoms. The van der Waals surface area contributed by atoms with Gasteiger partial charge in [0.2, 0.25) is 0 Å². The van der Waals surface area contributed by atoms with Crippen LogP contribution in [0.15, 0.2) is 24.3 Å². The van der Waals surface area contributed by atoms with Crippen LogP contribution in [-0.2, 0) is 4.74 Å². The van der Waals surface area contributed by atoms with Crippen molar-refractivity contribution in [3.05, 3.63) is 29.3 Å². The Morgan fingerprint density at radius 2 is 1.84 bits per heavy atom. The van der Waals surface area contributed by atoms with E-state index in [4.69, 9.17) is 21.4 Å². The van der Waals surface area contributed by atoms with Crippen LogP contribution in [0, 0.1) is 0 Å². The topological polar surface area (TPSA) is 102 Å². The summed E-state index contributed by atoms with van der Waals surface area (Å²) in [6, 6.07) is 6.73. The van der Waals surface area contributed by atoms with Crippen LogP contribution < -0.4 is 5.32 Å². The number of anilines is 1. The molecule has 0 bridgehead atoms. The summed E-state index contributed by atoms with van der Waals surface area (Å²) in [5.74, 6) is 0. The summed E-state index contributed by atoms with van der Waals surface area (Å²) in [5, 5.41) is 41.3. The van der Waals surface area contributed by atoms with Crippen molar-refractivity contribution in [3.8, 4) is 0 Å². The fourth-order valence-corrected chi connectivity index (χ4v) is 2.08. The molecule has 1 saturated heterocycles. The molecule has 1 aliphatic rings. The predicted molar refractivity (Wildman–Crippen MR) is 68.8 cm³/mol. The number of nitrogens with one attached hydrogen (secondary N) is 1. The maximum atomic E-state index is 9.83. The lowest BCUT2D eigenvalue weighted by atomic mass is 10.1. The van der Waals surface area contributed by atoms with Crippen molar-refractivity contribution in [3.63, 3.8) is 0 Å². The summed E-state index contributed by atoms with van der Waals surface area (Å²) in [6.07, 6.45) is -5.64. The molecule has 106 valence electrons. The average Bonchev–Trinajstić information content (AvgIpc) is 2.69. The molecular formula is C12H16ClNO5. The number of rotatable bonds is 4. The highest BCUT2D eigenvalue weighted by molar-refractivity contribution is 6.30. The van der Waals surface area contributed by atoms with Gasteiger partial charge >= 0.3 is 0 Å². The second-order valence-electron chi connectivity index (χ2n) is 4.40. The average molecular weight is 290 g/mol. The zero-order valence-electron chi connectivity index (χ0n) is 9.98. The number of hydrogen-bond donors (Lipinski definition) is 5. The lowest BCUT2D eigenvalue weighted by Crippen LogP contribution is -2.40. The van der Waals surface area contributed by atoms with E-state index in [2.05, 4.69) is 5.32 Å². The third kappa shape index (κ3) is 3.17. The number of halogens is 1. The Kier molecular flexibility index (Phi) is 4.62. The van der Waals surface area contributed by atoms with Gasteiger partial charge in [0.1, 0.15) is 24.4 Å². The summed E-state index contributed by atoms with van der Waals surface area (Å²) in [4.78, 5) is 0. The zero-order valence-corrected chi connectivity index (χ0v) is 10.7. The first kappa shape index (κ1) is 14.5. The van der Waals surface area contributed by atoms with Gasteiger partial charge in [-0.25, -0.2) is 0 Å². The first-order chi connectivity index (χ1) is 9.02. The fourth-order valence-electron chi connectivity index (χ4n) is 1.96. The minimum absolute atomic E-state index is 0.553. The van der Waals surface area contributed by atoms with Crippen LogP contribution in [0.25, 0.3) is 0 Å². The van der Waals surface area contributed by atoms with Gasteiger partial charge in [-0.3, -0.25) is 0 Å². The Morgan fingerprint density at radius 1 is 1.21 bits per heavy atom. The quantitative estimate of drug-likeness (QED) is 0.515. The lowest BCUT2D eigenvalue weighted by Gasteiger charge is -2.19. The molecule has 0 radical (unpaired) electrons. The van der Waals surface area contributed by atoms with Gasteiger partial charge in [0.15, 0.2) is 6.23 Å². The standard InChI is InChI=1S/C12H16ClNO5/c13-6-1-3-7(4-2-6)14-12-10(18)9(17)11(19-12)8(16)5-15/h1-4,8-12,14-18H,5H2/t8-,9+,10+,11-,12-/m0/s1. The van der Waals surface area contributed by atoms with Crippen molar-refractivity contribution in [2.75, 3.05) is 11.9 Å². The summed E-state index contributed by atoms with van der Waals surface area (Å²) in [6.45, 7) is -0.553. The van der Waals surface area contributed by atoms with Crippen molar-refractivity contribution in [1.29, 1.82) is 0 Å². The molecule has 0 aromatic heterocycles. The molecule has 7 heteroatoms. The molecule has 2 rings (SSSR count). The van der Waals surface area contributed by atoms with Crippen molar-refractivity contribution in [2.24, 2.45) is 0 Å². The molecule has 1 aromatic rings. The van der Waals surface area contributed by atoms with Gasteiger partial charge in [-0.15, -0.1) is 0 Å². The molecule has 5 atom stereocenters. The highest BCUT2D eigenvalue weighted by atomic mass is 35.5. The molecule has 0 unspecified atom stereocenters. The van der Waals surface area contributed by atoms with Gasteiger partial charge in [-0.1, -0.05) is 11.6 Å². The summed E-state index contributed by atoms with van der Waals surface area (Å²) in [5.41, 5.74) is 0.653. The van der Waals surface area contributed by atoms with Gasteiger partial charge in [0.05, 0.1) is 6.61 Å². The van der Waals surface area contributed by atoms with E-state index in [0.717, 1.165) is 0 Å². The highest BCUT2D eigenvalue weighted by Crippen LogP contribution is 2.25. The van der Waals surface area contributed by atoms with Gasteiger partial charge in [-0.2, -0.15) is 0 Å². The van der Waals surface area contributed by atoms with Crippen LogP contribution in [0.2, 0.25) is 5.02 Å². The maximum absolute atomic E-state index is 9.83. The van der Waals surface area contributed by atoms with Crippen molar-refractivity contribution >= 4 is 17.3 Å². The van der Waals surface area contributed by atoms with E-state index < -0.39 is 37.3 Å². The summed E-state index contributed by atoms with van der Waals surface area (Å²) >= 11 is 5.75. The second kappa shape index (κ2) is 6.04. The molecule has 0 aliphatic carbocycles. The lowest BCUT2D eigenvalue weighted by molar-refractivity contribution is -0.0774. The molecule has 0 saturated carbocycles. The molecule has 6 nitrogen and oxygen atoms in total. The Balaban J connectivity index is 2.03. The summed E-state index contributed by atoms with van der Waals surface area (Å²) in [7, 11) is 0. The smallest absolute Gasteiger partial charge is 0.157 e. The second-order valence-corrected chi connectivity index (χ2v) is 4.84. The van der Waals surface area contributed by atoms with Crippen LogP contribution >= 0.6 is 11.6 Å². The SMILES string of the molecule is OC[C@H](O)[C@@H]1O[C@H](Nc2ccc(Cl)cc2)[C@H](O)[C@H]1O. The van der Waals surface area contributed by atoms with Crippen molar-refractivity contribution in [2.45, 2.75) is 30.6 Å². The van der Waals surface area contributed by atoms with Crippen LogP contribution in [-0.4, -0.2) is 57.7 Å². The zero-order chi connectivity index (χ0) is 14.0. The van der Waals surface area contributed by atoms with Crippen LogP contribution in [0.5, 0.6) is 0 Å². The largest absolute Gasteiger partial charge is 0.394 e. The Bertz CT molecular complexity index is 415. The van der Waals surface area contributed by atoms with Gasteiger partial charge in [0.25, 0.3) is 0 Å². The van der Waals surface area contributed by atoms with E-state index in [9.17, 15) is 15.3 Å². The van der Waals surface area contributed by atoms with Crippen LogP contribution in [0.4, 0.5) is 5.69 Å². The molecule has 1 heterocycles. The first-order valence-electron chi connectivity index (χ1n) is 5.85. The first-order valence-corrected chi connectivity index (χ1v) is 6.23. The molecule has 0 spiro atoms. The minimum atomic E-state index is -1.27. The fraction of sp³-hybridized carbons (Fsp3) is 0.500. The van der Waals surface area contributed by atoms with Crippen molar-refractivity contribution in [1.82, 2.24) is 0 Å². The normalized spacial score (nSPS) is 32.3. The molecule has 1 fully saturated rings. The third-order valence-corrected chi connectivity index (χ3v) is 3.27. The minimum Gasteiger partial charge on any atom is -0.394 e. The Labute approximate surface area is 115 Å². The third-order valence-electron chi connectivity index (χ3n) is 3.02. The number of benzene rings is 1. The molecule has 5 N–H and O–H groups in total. The van der Waals surface area contributed by atoms with E-state index in [-0.39, 0.29) is 0 Å². The molecule has 0 amide bonds. The maximum Gasteiger partial charge on any atom is 0.157 e. The van der Waals surface area contributed by atoms with E-state index in [1.165, 1.54) is 0 Å². The number of aliphatic hydroxyl groups is 4. The van der Waals surface area contributed by atoms with Gasteiger partial charge < -0.3 is 30.5 Å². The van der Waals surface area contributed by atoms with E-state index >= 15 is 0 Å².